The van der Waals surface area contributed by atoms with Crippen molar-refractivity contribution in [3.8, 4) is 0 Å². The molecule has 2 aliphatic carbocycles. The highest BCUT2D eigenvalue weighted by atomic mass is 79.9. The van der Waals surface area contributed by atoms with Crippen LogP contribution in [0.5, 0.6) is 0 Å². The summed E-state index contributed by atoms with van der Waals surface area (Å²) in [4.78, 5) is 0. The first-order chi connectivity index (χ1) is 57.2. The van der Waals surface area contributed by atoms with Gasteiger partial charge < -0.3 is 0 Å². The summed E-state index contributed by atoms with van der Waals surface area (Å²) in [5.74, 6) is 4.23. The molecule has 3 heteroatoms. The molecule has 2 saturated carbocycles. The fourth-order valence-corrected chi connectivity index (χ4v) is 10.8. The Labute approximate surface area is 811 Å². The third kappa shape index (κ3) is 166. The summed E-state index contributed by atoms with van der Waals surface area (Å²) in [7, 11) is 0. The lowest BCUT2D eigenvalue weighted by Crippen LogP contribution is -2.15. The van der Waals surface area contributed by atoms with Crippen LogP contribution in [-0.2, 0) is 6.42 Å². The standard InChI is InChI=1S/C13H20.2C13H18.C8H12F2.C8H16.2C8H18.3C8H16.C7H14.C7H16.C7H14.C4H9Br.C4H10/c2*1-13(2,3)11-7-10-12-8-5-4-6-9-12;1-5-12(13(2,3)4)11-9-7-6-8-10-11;1-8(2,3)6-4-5-7(9)10;1-8(2,3)6-7-4-5-7;5*1-5-6-7-8(2,3)4;1-7(2,3)6-4-5-6;1-5-6-7(2,3)4;1-4-5-6-7(2)3;1-4(2,3)5;1-4(2)3/h4-6,8-9H,7,10-11H2,1-3H3;4-10H,11H2,1-3H3;5-10,12H,1H2,2-4H3;4-6H,1-3H3;7H,4-6H2,1-3H3;2*5-7H2,1-4H3;2*6-7H,5H2,1-4H3;5-6H,7H2,1-4H3;6H,4-5H2,1-3H3;5-6H2,1-4H3;4-5,7H,6H2,1-3H3;1-3H3;4H,1-3H3/b;10-7+;;6-4+;;;;2*7-6+;6-5+;;;5-4+;;. The molecular formula is C124H231BrF2. The molecule has 748 valence electrons. The Morgan fingerprint density at radius 1 is 0.409 bits per heavy atom. The summed E-state index contributed by atoms with van der Waals surface area (Å²) in [6.07, 6.45) is 54.1. The Hall–Kier alpha value is -4.08. The van der Waals surface area contributed by atoms with E-state index in [0.29, 0.717) is 64.4 Å². The van der Waals surface area contributed by atoms with Crippen molar-refractivity contribution < 1.29 is 8.78 Å². The van der Waals surface area contributed by atoms with Gasteiger partial charge in [-0.15, -0.1) is 6.58 Å². The molecule has 0 saturated heterocycles. The molecule has 5 rings (SSSR count). The molecule has 0 aliphatic heterocycles. The Balaban J connectivity index is -0.000000146. The minimum absolute atomic E-state index is 0.0219. The maximum absolute atomic E-state index is 11.4. The van der Waals surface area contributed by atoms with E-state index >= 15 is 0 Å². The van der Waals surface area contributed by atoms with Gasteiger partial charge in [0.25, 0.3) is 6.08 Å². The Morgan fingerprint density at radius 2 is 0.748 bits per heavy atom. The second-order valence-electron chi connectivity index (χ2n) is 51.3. The van der Waals surface area contributed by atoms with Gasteiger partial charge in [-0.25, -0.2) is 0 Å². The van der Waals surface area contributed by atoms with Gasteiger partial charge in [-0.05, 0) is 209 Å². The van der Waals surface area contributed by atoms with Gasteiger partial charge in [0.2, 0.25) is 0 Å². The average molecular weight is 1840 g/mol. The smallest absolute Gasteiger partial charge is 0.173 e. The molecule has 3 aromatic rings. The molecule has 2 fully saturated rings. The lowest BCUT2D eigenvalue weighted by Gasteiger charge is -2.28. The van der Waals surface area contributed by atoms with Crippen molar-refractivity contribution in [3.05, 3.63) is 199 Å². The molecule has 0 N–H and O–H groups in total. The van der Waals surface area contributed by atoms with Crippen LogP contribution in [0.25, 0.3) is 6.08 Å². The van der Waals surface area contributed by atoms with Crippen molar-refractivity contribution in [3.63, 3.8) is 0 Å². The van der Waals surface area contributed by atoms with Gasteiger partial charge >= 0.3 is 0 Å². The van der Waals surface area contributed by atoms with Crippen molar-refractivity contribution in [1.82, 2.24) is 0 Å². The van der Waals surface area contributed by atoms with E-state index in [9.17, 15) is 8.78 Å². The largest absolute Gasteiger partial charge is 0.270 e. The van der Waals surface area contributed by atoms with Crippen molar-refractivity contribution in [2.24, 2.45) is 88.7 Å². The van der Waals surface area contributed by atoms with E-state index in [1.807, 2.05) is 39.0 Å². The summed E-state index contributed by atoms with van der Waals surface area (Å²) in [6, 6.07) is 31.7. The van der Waals surface area contributed by atoms with E-state index in [1.54, 1.807) is 6.08 Å². The minimum atomic E-state index is -1.65. The van der Waals surface area contributed by atoms with Gasteiger partial charge in [0.15, 0.2) is 0 Å². The molecule has 0 bridgehead atoms. The van der Waals surface area contributed by atoms with E-state index in [4.69, 9.17) is 0 Å². The van der Waals surface area contributed by atoms with Gasteiger partial charge in [0, 0.05) is 16.3 Å². The molecular weight excluding hydrogens is 1610 g/mol. The number of hydrogen-bond acceptors (Lipinski definition) is 0. The molecule has 0 radical (unpaired) electrons. The number of unbranched alkanes of at least 4 members (excludes halogenated alkanes) is 2. The predicted molar refractivity (Wildman–Crippen MR) is 598 cm³/mol. The number of hydrogen-bond donors (Lipinski definition) is 0. The topological polar surface area (TPSA) is 0 Å². The van der Waals surface area contributed by atoms with Crippen LogP contribution in [0.15, 0.2) is 183 Å². The Bertz CT molecular complexity index is 2980. The highest BCUT2D eigenvalue weighted by molar-refractivity contribution is 9.10. The fourth-order valence-electron chi connectivity index (χ4n) is 10.8. The van der Waals surface area contributed by atoms with Crippen LogP contribution in [0.3, 0.4) is 0 Å². The number of allylic oxidation sites excluding steroid dienone is 13. The third-order valence-corrected chi connectivity index (χ3v) is 17.7. The SMILES string of the molecule is C/C=C/CC(C)(C)C.C/C=C/CC(C)C.C=CC(c1ccccc1)C(C)(C)C.CC(C)(C)/C=C/C=C(F)F.CC(C)(C)Br.CC(C)(C)C/C=C/c1ccccc1.CC(C)(C)C1CC1.CC(C)(C)CC1CC1.CC(C)(C)CCCc1ccccc1.CC(C)C.CC/C=C/C(C)(C)C.CC/C=C/C(C)(C)C.CCCC(C)(C)C.CCCCC(C)(C)C.CCCCC(C)(C)C. The van der Waals surface area contributed by atoms with Crippen LogP contribution in [-0.4, -0.2) is 4.32 Å². The minimum Gasteiger partial charge on any atom is -0.173 e. The average Bonchev–Trinajstić information content (AvgIpc) is 1.62. The number of alkyl halides is 1. The second kappa shape index (κ2) is 78.3. The van der Waals surface area contributed by atoms with Gasteiger partial charge in [-0.1, -0.05) is 570 Å². The molecule has 2 aliphatic rings. The predicted octanol–water partition coefficient (Wildman–Crippen LogP) is 45.6. The molecule has 0 amide bonds. The van der Waals surface area contributed by atoms with Crippen molar-refractivity contribution in [1.29, 1.82) is 0 Å². The van der Waals surface area contributed by atoms with E-state index < -0.39 is 6.08 Å². The van der Waals surface area contributed by atoms with Crippen LogP contribution in [0.1, 0.15) is 504 Å². The van der Waals surface area contributed by atoms with Gasteiger partial charge in [0.05, 0.1) is 0 Å². The number of halogens is 3. The van der Waals surface area contributed by atoms with Crippen LogP contribution in [0, 0.1) is 88.7 Å². The highest BCUT2D eigenvalue weighted by Gasteiger charge is 2.33. The summed E-state index contributed by atoms with van der Waals surface area (Å²) in [5, 5.41) is 0. The zero-order valence-corrected chi connectivity index (χ0v) is 97.4. The first-order valence-electron chi connectivity index (χ1n) is 50.6. The van der Waals surface area contributed by atoms with E-state index in [1.165, 1.54) is 138 Å². The molecule has 1 unspecified atom stereocenters. The van der Waals surface area contributed by atoms with E-state index in [2.05, 4.69) is 494 Å². The summed E-state index contributed by atoms with van der Waals surface area (Å²) in [5.41, 5.74) is 9.26. The quantitative estimate of drug-likeness (QED) is 0.0637. The van der Waals surface area contributed by atoms with Crippen LogP contribution < -0.4 is 0 Å². The number of rotatable bonds is 19. The first-order valence-corrected chi connectivity index (χ1v) is 51.4. The molecule has 0 spiro atoms. The maximum Gasteiger partial charge on any atom is 0.270 e. The van der Waals surface area contributed by atoms with Gasteiger partial charge in [-0.2, -0.15) is 8.78 Å². The van der Waals surface area contributed by atoms with Crippen molar-refractivity contribution >= 4 is 22.0 Å². The fraction of sp³-hybridized carbons (Fsp3) is 0.726. The Morgan fingerprint density at radius 3 is 0.945 bits per heavy atom. The number of benzene rings is 3. The number of aryl methyl sites for hydroxylation is 1. The summed E-state index contributed by atoms with van der Waals surface area (Å²) < 4.78 is 23.2. The second-order valence-corrected chi connectivity index (χ2v) is 53.7. The highest BCUT2D eigenvalue weighted by Crippen LogP contribution is 2.44. The summed E-state index contributed by atoms with van der Waals surface area (Å²) in [6.45, 7) is 117. The third-order valence-electron chi connectivity index (χ3n) is 17.7. The zero-order valence-electron chi connectivity index (χ0n) is 95.8. The zero-order chi connectivity index (χ0) is 102. The van der Waals surface area contributed by atoms with Crippen molar-refractivity contribution in [2.45, 2.75) is 498 Å². The van der Waals surface area contributed by atoms with Crippen LogP contribution in [0.2, 0.25) is 0 Å². The first kappa shape index (κ1) is 143. The van der Waals surface area contributed by atoms with E-state index in [-0.39, 0.29) is 10.8 Å². The molecule has 1 atom stereocenters. The normalized spacial score (nSPS) is 13.4. The van der Waals surface area contributed by atoms with Gasteiger partial charge in [0.1, 0.15) is 0 Å². The monoisotopic (exact) mass is 1840 g/mol. The summed E-state index contributed by atoms with van der Waals surface area (Å²) >= 11 is 3.38. The molecule has 127 heavy (non-hydrogen) atoms. The maximum atomic E-state index is 11.4. The Kier molecular flexibility index (Phi) is 88.3. The lowest BCUT2D eigenvalue weighted by molar-refractivity contribution is 0.351. The lowest BCUT2D eigenvalue weighted by atomic mass is 9.77. The van der Waals surface area contributed by atoms with Crippen LogP contribution in [0.4, 0.5) is 8.78 Å². The molecule has 3 aromatic carbocycles. The van der Waals surface area contributed by atoms with E-state index in [0.717, 1.165) is 49.0 Å². The molecule has 0 aromatic heterocycles. The van der Waals surface area contributed by atoms with Crippen LogP contribution >= 0.6 is 15.9 Å². The van der Waals surface area contributed by atoms with Crippen molar-refractivity contribution in [2.75, 3.05) is 0 Å². The molecule has 0 nitrogen and oxygen atoms in total. The molecule has 0 heterocycles. The van der Waals surface area contributed by atoms with Gasteiger partial charge in [-0.3, -0.25) is 0 Å².